The highest BCUT2D eigenvalue weighted by atomic mass is 16.7. The molecule has 1 saturated heterocycles. The molecule has 0 saturated carbocycles. The molecule has 1 aliphatic rings. The summed E-state index contributed by atoms with van der Waals surface area (Å²) in [6.07, 6.45) is 1.55. The van der Waals surface area contributed by atoms with Gasteiger partial charge in [-0.05, 0) is 18.8 Å². The second kappa shape index (κ2) is 2.51. The highest BCUT2D eigenvalue weighted by Crippen LogP contribution is 2.29. The minimum absolute atomic E-state index is 0.383. The molecule has 0 aliphatic carbocycles. The van der Waals surface area contributed by atoms with Crippen molar-refractivity contribution in [3.63, 3.8) is 0 Å². The Kier molecular flexibility index (Phi) is 2.02. The van der Waals surface area contributed by atoms with Gasteiger partial charge >= 0.3 is 0 Å². The Balaban J connectivity index is 2.51. The number of hydrogen-bond acceptors (Lipinski definition) is 2. The first-order valence-corrected chi connectivity index (χ1v) is 3.87. The third-order valence-corrected chi connectivity index (χ3v) is 1.85. The second-order valence-electron chi connectivity index (χ2n) is 4.07. The normalized spacial score (nSPS) is 34.2. The first-order valence-electron chi connectivity index (χ1n) is 3.87. The van der Waals surface area contributed by atoms with Crippen molar-refractivity contribution in [1.29, 1.82) is 0 Å². The molecule has 0 N–H and O–H groups in total. The summed E-state index contributed by atoms with van der Waals surface area (Å²) in [7, 11) is 2.00. The van der Waals surface area contributed by atoms with Crippen molar-refractivity contribution in [3.05, 3.63) is 0 Å². The summed E-state index contributed by atoms with van der Waals surface area (Å²) in [6, 6.07) is 0. The molecule has 1 unspecified atom stereocenters. The third kappa shape index (κ3) is 1.96. The lowest BCUT2D eigenvalue weighted by atomic mass is 9.86. The maximum atomic E-state index is 5.46. The van der Waals surface area contributed by atoms with Crippen molar-refractivity contribution in [3.8, 4) is 0 Å². The van der Waals surface area contributed by atoms with Crippen LogP contribution < -0.4 is 0 Å². The second-order valence-corrected chi connectivity index (χ2v) is 4.07. The Morgan fingerprint density at radius 2 is 2.10 bits per heavy atom. The van der Waals surface area contributed by atoms with Crippen LogP contribution >= 0.6 is 0 Å². The van der Waals surface area contributed by atoms with Gasteiger partial charge in [0, 0.05) is 13.6 Å². The van der Waals surface area contributed by atoms with E-state index in [0.29, 0.717) is 11.5 Å². The van der Waals surface area contributed by atoms with E-state index in [1.165, 1.54) is 0 Å². The van der Waals surface area contributed by atoms with Crippen LogP contribution in [-0.4, -0.2) is 24.8 Å². The molecule has 1 rings (SSSR count). The van der Waals surface area contributed by atoms with Crippen LogP contribution in [0.5, 0.6) is 0 Å². The molecule has 2 nitrogen and oxygen atoms in total. The summed E-state index contributed by atoms with van der Waals surface area (Å²) >= 11 is 0. The molecule has 0 radical (unpaired) electrons. The van der Waals surface area contributed by atoms with Crippen molar-refractivity contribution < 1.29 is 4.84 Å². The van der Waals surface area contributed by atoms with E-state index in [1.54, 1.807) is 0 Å². The Bertz CT molecular complexity index is 110. The van der Waals surface area contributed by atoms with E-state index in [4.69, 9.17) is 4.84 Å². The quantitative estimate of drug-likeness (QED) is 0.511. The van der Waals surface area contributed by atoms with E-state index >= 15 is 0 Å². The molecule has 0 aromatic carbocycles. The Morgan fingerprint density at radius 1 is 1.50 bits per heavy atom. The maximum absolute atomic E-state index is 5.46. The fourth-order valence-electron chi connectivity index (χ4n) is 1.83. The molecule has 0 aromatic heterocycles. The highest BCUT2D eigenvalue weighted by molar-refractivity contribution is 4.76. The van der Waals surface area contributed by atoms with Gasteiger partial charge in [0.25, 0.3) is 0 Å². The molecule has 1 heterocycles. The van der Waals surface area contributed by atoms with Crippen LogP contribution in [0.15, 0.2) is 0 Å². The van der Waals surface area contributed by atoms with Crippen molar-refractivity contribution in [2.75, 3.05) is 13.6 Å². The van der Waals surface area contributed by atoms with Crippen LogP contribution in [0.1, 0.15) is 27.2 Å². The topological polar surface area (TPSA) is 12.5 Å². The number of hydroxylamine groups is 2. The van der Waals surface area contributed by atoms with E-state index in [0.717, 1.165) is 13.0 Å². The van der Waals surface area contributed by atoms with Crippen LogP contribution in [0.3, 0.4) is 0 Å². The van der Waals surface area contributed by atoms with E-state index in [2.05, 4.69) is 20.8 Å². The summed E-state index contributed by atoms with van der Waals surface area (Å²) in [5.41, 5.74) is 0.423. The number of rotatable bonds is 0. The highest BCUT2D eigenvalue weighted by Gasteiger charge is 2.29. The third-order valence-electron chi connectivity index (χ3n) is 1.85. The molecule has 1 aliphatic heterocycles. The van der Waals surface area contributed by atoms with Crippen LogP contribution in [0, 0.1) is 5.41 Å². The smallest absolute Gasteiger partial charge is 0.0770 e. The summed E-state index contributed by atoms with van der Waals surface area (Å²) in [5.74, 6) is 0. The first-order chi connectivity index (χ1) is 4.49. The molecule has 0 bridgehead atoms. The van der Waals surface area contributed by atoms with Gasteiger partial charge in [0.1, 0.15) is 0 Å². The number of hydrogen-bond donors (Lipinski definition) is 0. The summed E-state index contributed by atoms with van der Waals surface area (Å²) in [5, 5.41) is 1.94. The van der Waals surface area contributed by atoms with Gasteiger partial charge in [-0.3, -0.25) is 4.84 Å². The van der Waals surface area contributed by atoms with Gasteiger partial charge in [-0.25, -0.2) is 0 Å². The van der Waals surface area contributed by atoms with Gasteiger partial charge in [-0.2, -0.15) is 5.06 Å². The zero-order valence-electron chi connectivity index (χ0n) is 7.35. The molecule has 1 atom stereocenters. The molecule has 0 aromatic rings. The fraction of sp³-hybridized carbons (Fsp3) is 1.00. The van der Waals surface area contributed by atoms with E-state index < -0.39 is 0 Å². The van der Waals surface area contributed by atoms with E-state index in [9.17, 15) is 0 Å². The summed E-state index contributed by atoms with van der Waals surface area (Å²) in [4.78, 5) is 5.46. The maximum Gasteiger partial charge on any atom is 0.0770 e. The van der Waals surface area contributed by atoms with E-state index in [-0.39, 0.29) is 0 Å². The van der Waals surface area contributed by atoms with Gasteiger partial charge in [0.05, 0.1) is 6.10 Å². The Morgan fingerprint density at radius 3 is 2.50 bits per heavy atom. The molecular formula is C8H17NO. The van der Waals surface area contributed by atoms with Gasteiger partial charge < -0.3 is 0 Å². The Labute approximate surface area is 63.1 Å². The number of nitrogens with zero attached hydrogens (tertiary/aromatic N) is 1. The first kappa shape index (κ1) is 8.02. The molecule has 10 heavy (non-hydrogen) atoms. The molecule has 2 heteroatoms. The lowest BCUT2D eigenvalue weighted by molar-refractivity contribution is -0.228. The van der Waals surface area contributed by atoms with Crippen molar-refractivity contribution in [1.82, 2.24) is 5.06 Å². The zero-order chi connectivity index (χ0) is 7.78. The lowest BCUT2D eigenvalue weighted by Gasteiger charge is -2.38. The molecule has 0 amide bonds. The van der Waals surface area contributed by atoms with Crippen molar-refractivity contribution >= 4 is 0 Å². The van der Waals surface area contributed by atoms with E-state index in [1.807, 2.05) is 12.1 Å². The van der Waals surface area contributed by atoms with Gasteiger partial charge in [-0.15, -0.1) is 0 Å². The summed E-state index contributed by atoms with van der Waals surface area (Å²) in [6.45, 7) is 7.72. The molecule has 60 valence electrons. The van der Waals surface area contributed by atoms with Crippen molar-refractivity contribution in [2.24, 2.45) is 5.41 Å². The largest absolute Gasteiger partial charge is 0.296 e. The standard InChI is InChI=1S/C8H17NO/c1-7-5-8(2,3)6-9(4)10-7/h7H,5-6H2,1-4H3. The van der Waals surface area contributed by atoms with Crippen molar-refractivity contribution in [2.45, 2.75) is 33.3 Å². The molecule has 1 fully saturated rings. The minimum atomic E-state index is 0.383. The van der Waals surface area contributed by atoms with Crippen LogP contribution in [0.25, 0.3) is 0 Å². The zero-order valence-corrected chi connectivity index (χ0v) is 7.35. The van der Waals surface area contributed by atoms with Crippen LogP contribution in [0.2, 0.25) is 0 Å². The minimum Gasteiger partial charge on any atom is -0.296 e. The van der Waals surface area contributed by atoms with Crippen LogP contribution in [-0.2, 0) is 4.84 Å². The van der Waals surface area contributed by atoms with Gasteiger partial charge in [-0.1, -0.05) is 13.8 Å². The lowest BCUT2D eigenvalue weighted by Crippen LogP contribution is -2.42. The van der Waals surface area contributed by atoms with Gasteiger partial charge in [0.2, 0.25) is 0 Å². The Hall–Kier alpha value is -0.0800. The molecular weight excluding hydrogens is 126 g/mol. The molecule has 0 spiro atoms. The fourth-order valence-corrected chi connectivity index (χ4v) is 1.83. The predicted octanol–water partition coefficient (Wildman–Crippen LogP) is 1.67. The SMILES string of the molecule is CC1CC(C)(C)CN(C)O1. The summed E-state index contributed by atoms with van der Waals surface area (Å²) < 4.78 is 0. The van der Waals surface area contributed by atoms with Crippen LogP contribution in [0.4, 0.5) is 0 Å². The average Bonchev–Trinajstić information content (AvgIpc) is 1.54. The average molecular weight is 143 g/mol. The van der Waals surface area contributed by atoms with Gasteiger partial charge in [0.15, 0.2) is 0 Å². The predicted molar refractivity (Wildman–Crippen MR) is 41.6 cm³/mol. The monoisotopic (exact) mass is 143 g/mol.